The van der Waals surface area contributed by atoms with Crippen LogP contribution in [0.5, 0.6) is 5.75 Å². The van der Waals surface area contributed by atoms with Gasteiger partial charge in [0.2, 0.25) is 0 Å². The van der Waals surface area contributed by atoms with Crippen LogP contribution in [0.2, 0.25) is 0 Å². The fourth-order valence-corrected chi connectivity index (χ4v) is 3.21. The number of rotatable bonds is 2. The van der Waals surface area contributed by atoms with Crippen molar-refractivity contribution in [1.82, 2.24) is 9.55 Å². The first-order chi connectivity index (χ1) is 11.1. The van der Waals surface area contributed by atoms with Crippen molar-refractivity contribution in [3.63, 3.8) is 0 Å². The second-order valence-electron chi connectivity index (χ2n) is 5.85. The molecule has 0 fully saturated rings. The highest BCUT2D eigenvalue weighted by Crippen LogP contribution is 2.40. The van der Waals surface area contributed by atoms with Crippen molar-refractivity contribution in [3.05, 3.63) is 53.4 Å². The Morgan fingerprint density at radius 3 is 2.87 bits per heavy atom. The second kappa shape index (κ2) is 5.05. The molecule has 1 aliphatic heterocycles. The Morgan fingerprint density at radius 1 is 1.26 bits per heavy atom. The lowest BCUT2D eigenvalue weighted by atomic mass is 10.0. The summed E-state index contributed by atoms with van der Waals surface area (Å²) in [6.07, 6.45) is 0.606. The zero-order valence-corrected chi connectivity index (χ0v) is 12.9. The summed E-state index contributed by atoms with van der Waals surface area (Å²) in [7, 11) is 0. The molecule has 0 saturated heterocycles. The quantitative estimate of drug-likeness (QED) is 0.702. The first-order valence-electron chi connectivity index (χ1n) is 7.73. The molecule has 0 spiro atoms. The predicted octanol–water partition coefficient (Wildman–Crippen LogP) is 4.36. The van der Waals surface area contributed by atoms with E-state index in [0.717, 1.165) is 23.1 Å². The van der Waals surface area contributed by atoms with Gasteiger partial charge in [0.25, 0.3) is 0 Å². The number of imidazole rings is 1. The standard InChI is InChI=1S/C18H16F2N2O/c1-3-15-21-13-8-7-12(19)16(20)17(13)22(15)14-6-4-5-11-10(2)9-23-18(11)14/h4-8,10H,3,9H2,1-2H3/t10-/m1/s1. The second-order valence-corrected chi connectivity index (χ2v) is 5.85. The van der Waals surface area contributed by atoms with E-state index in [2.05, 4.69) is 11.9 Å². The molecule has 5 heteroatoms. The zero-order valence-electron chi connectivity index (χ0n) is 12.9. The van der Waals surface area contributed by atoms with Crippen LogP contribution < -0.4 is 4.74 Å². The predicted molar refractivity (Wildman–Crippen MR) is 84.3 cm³/mol. The molecule has 3 nitrogen and oxygen atoms in total. The molecule has 0 amide bonds. The number of hydrogen-bond donors (Lipinski definition) is 0. The van der Waals surface area contributed by atoms with E-state index in [0.29, 0.717) is 24.4 Å². The fourth-order valence-electron chi connectivity index (χ4n) is 3.21. The van der Waals surface area contributed by atoms with E-state index in [1.807, 2.05) is 25.1 Å². The topological polar surface area (TPSA) is 27.1 Å². The summed E-state index contributed by atoms with van der Waals surface area (Å²) in [6, 6.07) is 8.42. The maximum atomic E-state index is 14.4. The number of fused-ring (bicyclic) bond motifs is 2. The Labute approximate surface area is 132 Å². The van der Waals surface area contributed by atoms with Crippen LogP contribution in [0.1, 0.15) is 31.2 Å². The molecule has 2 heterocycles. The number of hydrogen-bond acceptors (Lipinski definition) is 2. The first kappa shape index (κ1) is 14.2. The van der Waals surface area contributed by atoms with E-state index in [1.165, 1.54) is 6.07 Å². The number of ether oxygens (including phenoxy) is 1. The minimum Gasteiger partial charge on any atom is -0.490 e. The Kier molecular flexibility index (Phi) is 3.11. The summed E-state index contributed by atoms with van der Waals surface area (Å²) in [6.45, 7) is 4.62. The van der Waals surface area contributed by atoms with Gasteiger partial charge in [-0.15, -0.1) is 0 Å². The van der Waals surface area contributed by atoms with E-state index in [1.54, 1.807) is 4.57 Å². The number of nitrogens with zero attached hydrogens (tertiary/aromatic N) is 2. The molecule has 0 unspecified atom stereocenters. The van der Waals surface area contributed by atoms with Crippen molar-refractivity contribution in [2.45, 2.75) is 26.2 Å². The van der Waals surface area contributed by atoms with Crippen LogP contribution in [0, 0.1) is 11.6 Å². The summed E-state index contributed by atoms with van der Waals surface area (Å²) in [5, 5.41) is 0. The van der Waals surface area contributed by atoms with Gasteiger partial charge in [-0.2, -0.15) is 0 Å². The van der Waals surface area contributed by atoms with Gasteiger partial charge in [-0.25, -0.2) is 13.8 Å². The largest absolute Gasteiger partial charge is 0.490 e. The lowest BCUT2D eigenvalue weighted by Gasteiger charge is -2.13. The van der Waals surface area contributed by atoms with Gasteiger partial charge in [-0.3, -0.25) is 4.57 Å². The van der Waals surface area contributed by atoms with Crippen molar-refractivity contribution in [2.75, 3.05) is 6.61 Å². The van der Waals surface area contributed by atoms with Gasteiger partial charge in [-0.1, -0.05) is 26.0 Å². The fraction of sp³-hybridized carbons (Fsp3) is 0.278. The van der Waals surface area contributed by atoms with Gasteiger partial charge < -0.3 is 4.74 Å². The normalized spacial score (nSPS) is 16.6. The summed E-state index contributed by atoms with van der Waals surface area (Å²) >= 11 is 0. The Bertz CT molecular complexity index is 917. The van der Waals surface area contributed by atoms with Gasteiger partial charge in [0.15, 0.2) is 11.6 Å². The third-order valence-electron chi connectivity index (χ3n) is 4.37. The lowest BCUT2D eigenvalue weighted by molar-refractivity contribution is 0.336. The summed E-state index contributed by atoms with van der Waals surface area (Å²) < 4.78 is 35.7. The van der Waals surface area contributed by atoms with Crippen LogP contribution in [-0.2, 0) is 6.42 Å². The van der Waals surface area contributed by atoms with Crippen molar-refractivity contribution >= 4 is 11.0 Å². The molecule has 4 rings (SSSR count). The van der Waals surface area contributed by atoms with Gasteiger partial charge in [-0.05, 0) is 18.2 Å². The van der Waals surface area contributed by atoms with E-state index in [-0.39, 0.29) is 11.4 Å². The molecule has 0 N–H and O–H groups in total. The highest BCUT2D eigenvalue weighted by molar-refractivity contribution is 5.80. The van der Waals surface area contributed by atoms with E-state index in [4.69, 9.17) is 4.74 Å². The molecule has 0 radical (unpaired) electrons. The maximum absolute atomic E-state index is 14.4. The van der Waals surface area contributed by atoms with Crippen molar-refractivity contribution in [2.24, 2.45) is 0 Å². The molecular weight excluding hydrogens is 298 g/mol. The van der Waals surface area contributed by atoms with E-state index < -0.39 is 11.6 Å². The summed E-state index contributed by atoms with van der Waals surface area (Å²) in [4.78, 5) is 4.45. The number of para-hydroxylation sites is 1. The number of halogens is 2. The molecule has 118 valence electrons. The number of benzene rings is 2. The Hall–Kier alpha value is -2.43. The minimum atomic E-state index is -0.877. The SMILES string of the molecule is CCc1nc2ccc(F)c(F)c2n1-c1cccc2c1OC[C@H]2C. The van der Waals surface area contributed by atoms with Crippen LogP contribution in [-0.4, -0.2) is 16.2 Å². The van der Waals surface area contributed by atoms with Gasteiger partial charge in [0.1, 0.15) is 17.1 Å². The van der Waals surface area contributed by atoms with E-state index in [9.17, 15) is 8.78 Å². The number of aromatic nitrogens is 2. The number of aryl methyl sites for hydroxylation is 1. The smallest absolute Gasteiger partial charge is 0.185 e. The average Bonchev–Trinajstić information content (AvgIpc) is 3.12. The van der Waals surface area contributed by atoms with Gasteiger partial charge in [0, 0.05) is 17.9 Å². The molecule has 1 aliphatic rings. The molecule has 1 aromatic heterocycles. The van der Waals surface area contributed by atoms with E-state index >= 15 is 0 Å². The highest BCUT2D eigenvalue weighted by Gasteiger charge is 2.26. The van der Waals surface area contributed by atoms with Crippen LogP contribution >= 0.6 is 0 Å². The third-order valence-corrected chi connectivity index (χ3v) is 4.37. The van der Waals surface area contributed by atoms with Crippen molar-refractivity contribution in [3.8, 4) is 11.4 Å². The average molecular weight is 314 g/mol. The first-order valence-corrected chi connectivity index (χ1v) is 7.73. The van der Waals surface area contributed by atoms with Gasteiger partial charge >= 0.3 is 0 Å². The molecule has 3 aromatic rings. The third kappa shape index (κ3) is 1.96. The summed E-state index contributed by atoms with van der Waals surface area (Å²) in [5.74, 6) is -0.0494. The highest BCUT2D eigenvalue weighted by atomic mass is 19.2. The van der Waals surface area contributed by atoms with Crippen molar-refractivity contribution < 1.29 is 13.5 Å². The van der Waals surface area contributed by atoms with Crippen LogP contribution in [0.25, 0.3) is 16.7 Å². The molecule has 1 atom stereocenters. The van der Waals surface area contributed by atoms with Crippen LogP contribution in [0.3, 0.4) is 0 Å². The molecule has 0 saturated carbocycles. The van der Waals surface area contributed by atoms with Crippen LogP contribution in [0.15, 0.2) is 30.3 Å². The minimum absolute atomic E-state index is 0.165. The van der Waals surface area contributed by atoms with Gasteiger partial charge in [0.05, 0.1) is 17.8 Å². The Balaban J connectivity index is 2.09. The lowest BCUT2D eigenvalue weighted by Crippen LogP contribution is -2.04. The summed E-state index contributed by atoms with van der Waals surface area (Å²) in [5.41, 5.74) is 2.42. The molecule has 23 heavy (non-hydrogen) atoms. The maximum Gasteiger partial charge on any atom is 0.185 e. The molecule has 2 aromatic carbocycles. The zero-order chi connectivity index (χ0) is 16.1. The Morgan fingerprint density at radius 2 is 2.09 bits per heavy atom. The molecule has 0 aliphatic carbocycles. The van der Waals surface area contributed by atoms with Crippen molar-refractivity contribution in [1.29, 1.82) is 0 Å². The molecular formula is C18H16F2N2O. The molecule has 0 bridgehead atoms. The van der Waals surface area contributed by atoms with Crippen LogP contribution in [0.4, 0.5) is 8.78 Å². The monoisotopic (exact) mass is 314 g/mol.